The van der Waals surface area contributed by atoms with Crippen molar-refractivity contribution >= 4 is 5.91 Å². The zero-order valence-corrected chi connectivity index (χ0v) is 10.7. The van der Waals surface area contributed by atoms with Gasteiger partial charge in [-0.25, -0.2) is 9.47 Å². The smallest absolute Gasteiger partial charge is 0.338 e. The lowest BCUT2D eigenvalue weighted by Crippen LogP contribution is -2.52. The lowest BCUT2D eigenvalue weighted by atomic mass is 10.5. The first-order valence-corrected chi connectivity index (χ1v) is 5.09. The van der Waals surface area contributed by atoms with E-state index in [1.54, 1.807) is 0 Å². The minimum atomic E-state index is -6.39. The molecule has 0 spiro atoms. The van der Waals surface area contributed by atoms with Gasteiger partial charge in [-0.3, -0.25) is 4.79 Å². The molecule has 0 atom stereocenters. The average molecular weight is 353 g/mol. The number of hydrogen-bond acceptors (Lipinski definition) is 4. The van der Waals surface area contributed by atoms with Crippen molar-refractivity contribution in [2.45, 2.75) is 31.5 Å². The number of carbonyl (C=O) groups excluding carboxylic acids is 1. The van der Waals surface area contributed by atoms with E-state index in [9.17, 15) is 44.4 Å². The lowest BCUT2D eigenvalue weighted by molar-refractivity contribution is -0.562. The summed E-state index contributed by atoms with van der Waals surface area (Å²) in [5, 5.41) is 0. The number of ether oxygens (including phenoxy) is 2. The van der Waals surface area contributed by atoms with E-state index in [4.69, 9.17) is 0 Å². The second-order valence-corrected chi connectivity index (χ2v) is 3.61. The van der Waals surface area contributed by atoms with Gasteiger partial charge in [-0.2, -0.15) is 26.3 Å². The minimum Gasteiger partial charge on any atom is -0.338 e. The Balaban J connectivity index is 5.15. The Labute approximate surface area is 116 Å². The van der Waals surface area contributed by atoms with Crippen LogP contribution in [0.2, 0.25) is 0 Å². The van der Waals surface area contributed by atoms with E-state index in [1.807, 2.05) is 4.74 Å². The summed E-state index contributed by atoms with van der Waals surface area (Å²) in [6.07, 6.45) is -24.1. The van der Waals surface area contributed by atoms with Crippen molar-refractivity contribution in [2.75, 3.05) is 13.6 Å². The average Bonchev–Trinajstić information content (AvgIpc) is 2.33. The van der Waals surface area contributed by atoms with Gasteiger partial charge >= 0.3 is 30.5 Å². The van der Waals surface area contributed by atoms with E-state index in [2.05, 4.69) is 4.74 Å². The van der Waals surface area contributed by atoms with Crippen LogP contribution in [0.3, 0.4) is 0 Å². The molecule has 0 aromatic carbocycles. The Kier molecular flexibility index (Phi) is 6.08. The summed E-state index contributed by atoms with van der Waals surface area (Å²) >= 11 is 0. The molecule has 0 aliphatic rings. The fourth-order valence-corrected chi connectivity index (χ4v) is 0.833. The molecular formula is C8H8F9NO4. The van der Waals surface area contributed by atoms with Gasteiger partial charge in [-0.05, 0) is 11.4 Å². The first-order valence-electron chi connectivity index (χ1n) is 5.09. The maximum Gasteiger partial charge on any atom is 0.495 e. The van der Waals surface area contributed by atoms with Crippen molar-refractivity contribution in [1.29, 1.82) is 0 Å². The van der Waals surface area contributed by atoms with Gasteiger partial charge in [0, 0.05) is 13.6 Å². The summed E-state index contributed by atoms with van der Waals surface area (Å²) < 4.78 is 116. The fourth-order valence-electron chi connectivity index (χ4n) is 0.833. The minimum absolute atomic E-state index is 0.160. The van der Waals surface area contributed by atoms with Crippen LogP contribution in [-0.4, -0.2) is 49.0 Å². The predicted molar refractivity (Wildman–Crippen MR) is 47.5 cm³/mol. The molecule has 0 aromatic heterocycles. The monoisotopic (exact) mass is 353 g/mol. The topological polar surface area (TPSA) is 48.0 Å². The van der Waals surface area contributed by atoms with E-state index in [1.165, 1.54) is 4.94 Å². The third kappa shape index (κ3) is 4.88. The second-order valence-electron chi connectivity index (χ2n) is 3.61. The van der Waals surface area contributed by atoms with Crippen molar-refractivity contribution in [3.63, 3.8) is 0 Å². The summed E-state index contributed by atoms with van der Waals surface area (Å²) in [6.45, 7) is 0.740. The molecule has 0 fully saturated rings. The zero-order valence-electron chi connectivity index (χ0n) is 10.7. The molecule has 14 heteroatoms. The van der Waals surface area contributed by atoms with Crippen LogP contribution in [-0.2, 0) is 19.2 Å². The van der Waals surface area contributed by atoms with E-state index in [-0.39, 0.29) is 4.90 Å². The first kappa shape index (κ1) is 20.7. The molecule has 22 heavy (non-hydrogen) atoms. The lowest BCUT2D eigenvalue weighted by Gasteiger charge is -2.29. The van der Waals surface area contributed by atoms with Gasteiger partial charge in [-0.15, -0.1) is 13.7 Å². The molecular weight excluding hydrogens is 345 g/mol. The van der Waals surface area contributed by atoms with Gasteiger partial charge < -0.3 is 4.90 Å². The van der Waals surface area contributed by atoms with Crippen molar-refractivity contribution in [2.24, 2.45) is 0 Å². The normalized spacial score (nSPS) is 14.1. The Morgan fingerprint density at radius 1 is 0.955 bits per heavy atom. The van der Waals surface area contributed by atoms with Crippen LogP contribution in [0.15, 0.2) is 0 Å². The standard InChI is InChI=1S/C8H8F9NO4/c1-3-18(2)4(19)5(9,10)20-8(15,16)21-6(11,12)7(13,14)22-17/h3H2,1-2H3. The summed E-state index contributed by atoms with van der Waals surface area (Å²) in [4.78, 5) is 12.5. The molecule has 5 nitrogen and oxygen atoms in total. The van der Waals surface area contributed by atoms with Crippen LogP contribution in [0.1, 0.15) is 6.92 Å². The number of halogens is 9. The highest BCUT2D eigenvalue weighted by Gasteiger charge is 2.67. The quantitative estimate of drug-likeness (QED) is 0.497. The number of nitrogens with zero attached hydrogens (tertiary/aromatic N) is 1. The van der Waals surface area contributed by atoms with E-state index >= 15 is 0 Å². The second kappa shape index (κ2) is 6.45. The highest BCUT2D eigenvalue weighted by molar-refractivity contribution is 5.81. The maximum atomic E-state index is 13.0. The third-order valence-corrected chi connectivity index (χ3v) is 2.00. The molecule has 1 amide bonds. The van der Waals surface area contributed by atoms with Crippen molar-refractivity contribution < 1.29 is 58.9 Å². The Bertz CT molecular complexity index is 403. The van der Waals surface area contributed by atoms with Gasteiger partial charge in [0.05, 0.1) is 0 Å². The van der Waals surface area contributed by atoms with Crippen molar-refractivity contribution in [3.05, 3.63) is 0 Å². The Morgan fingerprint density at radius 2 is 1.41 bits per heavy atom. The molecule has 0 unspecified atom stereocenters. The van der Waals surface area contributed by atoms with Crippen LogP contribution in [0.4, 0.5) is 39.6 Å². The number of rotatable bonds is 8. The van der Waals surface area contributed by atoms with Gasteiger partial charge in [0.25, 0.3) is 0 Å². The summed E-state index contributed by atoms with van der Waals surface area (Å²) in [7, 11) is 0.721. The molecule has 0 rings (SSSR count). The van der Waals surface area contributed by atoms with Crippen LogP contribution >= 0.6 is 0 Å². The molecule has 0 heterocycles. The van der Waals surface area contributed by atoms with E-state index in [0.29, 0.717) is 0 Å². The predicted octanol–water partition coefficient (Wildman–Crippen LogP) is 2.73. The molecule has 0 bridgehead atoms. The summed E-state index contributed by atoms with van der Waals surface area (Å²) in [5.74, 6) is -2.39. The molecule has 0 saturated heterocycles. The molecule has 0 aliphatic heterocycles. The van der Waals surface area contributed by atoms with Crippen LogP contribution < -0.4 is 0 Å². The van der Waals surface area contributed by atoms with Crippen molar-refractivity contribution in [3.8, 4) is 0 Å². The highest BCUT2D eigenvalue weighted by Crippen LogP contribution is 2.42. The first-order chi connectivity index (χ1) is 9.62. The molecule has 132 valence electrons. The summed E-state index contributed by atoms with van der Waals surface area (Å²) in [6, 6.07) is 0. The summed E-state index contributed by atoms with van der Waals surface area (Å²) in [5.41, 5.74) is 0. The van der Waals surface area contributed by atoms with Crippen LogP contribution in [0, 0.1) is 0 Å². The van der Waals surface area contributed by atoms with Gasteiger partial charge in [-0.1, -0.05) is 0 Å². The van der Waals surface area contributed by atoms with E-state index in [0.717, 1.165) is 14.0 Å². The fraction of sp³-hybridized carbons (Fsp3) is 0.875. The molecule has 0 N–H and O–H groups in total. The number of alkyl halides is 8. The maximum absolute atomic E-state index is 13.0. The molecule has 0 saturated carbocycles. The molecule has 0 aromatic rings. The Hall–Kier alpha value is -1.28. The van der Waals surface area contributed by atoms with Gasteiger partial charge in [0.15, 0.2) is 0 Å². The number of amides is 1. The molecule has 0 radical (unpaired) electrons. The van der Waals surface area contributed by atoms with Crippen LogP contribution in [0.25, 0.3) is 0 Å². The number of hydrogen-bond donors (Lipinski definition) is 0. The number of carbonyl (C=O) groups is 1. The molecule has 0 aliphatic carbocycles. The van der Waals surface area contributed by atoms with Crippen LogP contribution in [0.5, 0.6) is 0 Å². The van der Waals surface area contributed by atoms with Gasteiger partial charge in [0.1, 0.15) is 0 Å². The third-order valence-electron chi connectivity index (χ3n) is 2.00. The van der Waals surface area contributed by atoms with E-state index < -0.39 is 37.1 Å². The highest BCUT2D eigenvalue weighted by atomic mass is 19.4. The Morgan fingerprint density at radius 3 is 1.77 bits per heavy atom. The zero-order chi connectivity index (χ0) is 18.0. The number of likely N-dealkylation sites (N-methyl/N-ethyl adjacent to an activating group) is 1. The largest absolute Gasteiger partial charge is 0.495 e. The SMILES string of the molecule is CCN(C)C(=O)C(F)(F)OC(F)(F)OC(F)(F)C(F)(F)OF. The van der Waals surface area contributed by atoms with Gasteiger partial charge in [0.2, 0.25) is 0 Å². The van der Waals surface area contributed by atoms with Crippen molar-refractivity contribution in [1.82, 2.24) is 4.90 Å².